The molecule has 0 aromatic heterocycles. The van der Waals surface area contributed by atoms with Crippen molar-refractivity contribution >= 4 is 23.6 Å². The van der Waals surface area contributed by atoms with Crippen LogP contribution < -0.4 is 10.6 Å². The quantitative estimate of drug-likeness (QED) is 0.714. The van der Waals surface area contributed by atoms with E-state index in [2.05, 4.69) is 10.6 Å². The number of aliphatic hydroxyl groups is 1. The Labute approximate surface area is 141 Å². The number of benzene rings is 2. The average molecular weight is 324 g/mol. The number of nitrogens with one attached hydrogen (secondary N) is 2. The first-order chi connectivity index (χ1) is 11.6. The van der Waals surface area contributed by atoms with Crippen LogP contribution in [0.4, 0.5) is 5.69 Å². The molecule has 0 heterocycles. The smallest absolute Gasteiger partial charge is 0.244 e. The number of amides is 2. The molecular formula is C19H20N2O3. The van der Waals surface area contributed by atoms with Gasteiger partial charge in [0.25, 0.3) is 0 Å². The number of hydrogen-bond acceptors (Lipinski definition) is 3. The summed E-state index contributed by atoms with van der Waals surface area (Å²) >= 11 is 0. The predicted molar refractivity (Wildman–Crippen MR) is 94.0 cm³/mol. The Morgan fingerprint density at radius 2 is 1.71 bits per heavy atom. The van der Waals surface area contributed by atoms with E-state index in [1.165, 1.54) is 13.0 Å². The third kappa shape index (κ3) is 5.37. The number of aliphatic hydroxyl groups excluding tert-OH is 1. The van der Waals surface area contributed by atoms with Gasteiger partial charge >= 0.3 is 0 Å². The fourth-order valence-electron chi connectivity index (χ4n) is 2.18. The van der Waals surface area contributed by atoms with Gasteiger partial charge in [-0.15, -0.1) is 0 Å². The van der Waals surface area contributed by atoms with Gasteiger partial charge in [0.05, 0.1) is 6.61 Å². The van der Waals surface area contributed by atoms with Crippen LogP contribution in [0.1, 0.15) is 23.6 Å². The molecule has 0 aliphatic heterocycles. The first-order valence-electron chi connectivity index (χ1n) is 7.59. The summed E-state index contributed by atoms with van der Waals surface area (Å²) < 4.78 is 0. The second-order valence-corrected chi connectivity index (χ2v) is 5.28. The number of carbonyl (C=O) groups is 2. The lowest BCUT2D eigenvalue weighted by Gasteiger charge is -2.07. The maximum absolute atomic E-state index is 11.9. The molecule has 2 aromatic carbocycles. The lowest BCUT2D eigenvalue weighted by Crippen LogP contribution is -2.21. The molecule has 0 aliphatic carbocycles. The minimum Gasteiger partial charge on any atom is -0.392 e. The zero-order chi connectivity index (χ0) is 17.4. The lowest BCUT2D eigenvalue weighted by atomic mass is 10.1. The summed E-state index contributed by atoms with van der Waals surface area (Å²) in [6, 6.07) is 14.6. The molecule has 0 atom stereocenters. The van der Waals surface area contributed by atoms with Crippen LogP contribution in [0, 0.1) is 0 Å². The van der Waals surface area contributed by atoms with E-state index < -0.39 is 0 Å². The van der Waals surface area contributed by atoms with E-state index in [-0.39, 0.29) is 18.4 Å². The topological polar surface area (TPSA) is 78.4 Å². The van der Waals surface area contributed by atoms with Crippen LogP contribution in [0.2, 0.25) is 0 Å². The van der Waals surface area contributed by atoms with Crippen LogP contribution in [0.5, 0.6) is 0 Å². The normalized spacial score (nSPS) is 10.6. The van der Waals surface area contributed by atoms with E-state index in [4.69, 9.17) is 0 Å². The van der Waals surface area contributed by atoms with Crippen LogP contribution in [-0.4, -0.2) is 16.9 Å². The van der Waals surface area contributed by atoms with Crippen LogP contribution in [0.15, 0.2) is 54.6 Å². The Kier molecular flexibility index (Phi) is 6.28. The van der Waals surface area contributed by atoms with Crippen molar-refractivity contribution in [3.63, 3.8) is 0 Å². The standard InChI is InChI=1S/C19H20N2O3/c1-14(23)21-18-9-6-15(7-10-18)8-11-19(24)20-12-16-4-2-3-5-17(16)13-22/h2-11,22H,12-13H2,1H3,(H,20,24)(H,21,23)/b11-8+. The van der Waals surface area contributed by atoms with Gasteiger partial charge in [-0.05, 0) is 34.9 Å². The van der Waals surface area contributed by atoms with Gasteiger partial charge in [0.2, 0.25) is 11.8 Å². The van der Waals surface area contributed by atoms with Crippen molar-refractivity contribution < 1.29 is 14.7 Å². The van der Waals surface area contributed by atoms with E-state index in [1.54, 1.807) is 18.2 Å². The van der Waals surface area contributed by atoms with Gasteiger partial charge in [-0.2, -0.15) is 0 Å². The SMILES string of the molecule is CC(=O)Nc1ccc(/C=C/C(=O)NCc2ccccc2CO)cc1. The van der Waals surface area contributed by atoms with Gasteiger partial charge in [-0.25, -0.2) is 0 Å². The monoisotopic (exact) mass is 324 g/mol. The van der Waals surface area contributed by atoms with E-state index in [0.717, 1.165) is 16.7 Å². The number of carbonyl (C=O) groups excluding carboxylic acids is 2. The summed E-state index contributed by atoms with van der Waals surface area (Å²) in [6.07, 6.45) is 3.15. The van der Waals surface area contributed by atoms with Gasteiger partial charge in [0.1, 0.15) is 0 Å². The van der Waals surface area contributed by atoms with Crippen molar-refractivity contribution in [1.82, 2.24) is 5.32 Å². The molecule has 0 fully saturated rings. The summed E-state index contributed by atoms with van der Waals surface area (Å²) in [5.41, 5.74) is 3.26. The molecule has 0 aliphatic rings. The van der Waals surface area contributed by atoms with E-state index in [0.29, 0.717) is 12.2 Å². The number of hydrogen-bond donors (Lipinski definition) is 3. The molecule has 0 saturated carbocycles. The fraction of sp³-hybridized carbons (Fsp3) is 0.158. The highest BCUT2D eigenvalue weighted by molar-refractivity contribution is 5.92. The molecular weight excluding hydrogens is 304 g/mol. The summed E-state index contributed by atoms with van der Waals surface area (Å²) in [5, 5.41) is 14.7. The van der Waals surface area contributed by atoms with Crippen molar-refractivity contribution in [2.75, 3.05) is 5.32 Å². The van der Waals surface area contributed by atoms with E-state index >= 15 is 0 Å². The van der Waals surface area contributed by atoms with E-state index in [9.17, 15) is 14.7 Å². The third-order valence-electron chi connectivity index (χ3n) is 3.40. The molecule has 124 valence electrons. The van der Waals surface area contributed by atoms with Gasteiger partial charge in [-0.3, -0.25) is 9.59 Å². The highest BCUT2D eigenvalue weighted by Gasteiger charge is 2.02. The van der Waals surface area contributed by atoms with Crippen molar-refractivity contribution in [3.05, 3.63) is 71.3 Å². The first kappa shape index (κ1) is 17.4. The molecule has 0 spiro atoms. The summed E-state index contributed by atoms with van der Waals surface area (Å²) in [7, 11) is 0. The maximum Gasteiger partial charge on any atom is 0.244 e. The molecule has 5 nitrogen and oxygen atoms in total. The van der Waals surface area contributed by atoms with Gasteiger partial charge in [0, 0.05) is 25.2 Å². The molecule has 0 bridgehead atoms. The Bertz CT molecular complexity index is 737. The Hall–Kier alpha value is -2.92. The Morgan fingerprint density at radius 3 is 2.33 bits per heavy atom. The number of rotatable bonds is 6. The van der Waals surface area contributed by atoms with Crippen LogP contribution in [0.25, 0.3) is 6.08 Å². The largest absolute Gasteiger partial charge is 0.392 e. The summed E-state index contributed by atoms with van der Waals surface area (Å²) in [5.74, 6) is -0.338. The van der Waals surface area contributed by atoms with Crippen LogP contribution in [-0.2, 0) is 22.7 Å². The second kappa shape index (κ2) is 8.64. The molecule has 3 N–H and O–H groups in total. The van der Waals surface area contributed by atoms with Crippen LogP contribution >= 0.6 is 0 Å². The fourth-order valence-corrected chi connectivity index (χ4v) is 2.18. The first-order valence-corrected chi connectivity index (χ1v) is 7.59. The van der Waals surface area contributed by atoms with Crippen molar-refractivity contribution in [1.29, 1.82) is 0 Å². The zero-order valence-corrected chi connectivity index (χ0v) is 13.5. The Balaban J connectivity index is 1.89. The highest BCUT2D eigenvalue weighted by Crippen LogP contribution is 2.11. The van der Waals surface area contributed by atoms with Gasteiger partial charge in [0.15, 0.2) is 0 Å². The molecule has 0 radical (unpaired) electrons. The summed E-state index contributed by atoms with van der Waals surface area (Å²) in [6.45, 7) is 1.76. The summed E-state index contributed by atoms with van der Waals surface area (Å²) in [4.78, 5) is 22.8. The molecule has 2 amide bonds. The van der Waals surface area contributed by atoms with Gasteiger partial charge < -0.3 is 15.7 Å². The molecule has 0 unspecified atom stereocenters. The minimum atomic E-state index is -0.214. The van der Waals surface area contributed by atoms with E-state index in [1.807, 2.05) is 36.4 Å². The van der Waals surface area contributed by atoms with Crippen molar-refractivity contribution in [3.8, 4) is 0 Å². The number of anilines is 1. The third-order valence-corrected chi connectivity index (χ3v) is 3.40. The predicted octanol–water partition coefficient (Wildman–Crippen LogP) is 2.47. The molecule has 24 heavy (non-hydrogen) atoms. The molecule has 0 saturated heterocycles. The maximum atomic E-state index is 11.9. The molecule has 5 heteroatoms. The lowest BCUT2D eigenvalue weighted by molar-refractivity contribution is -0.116. The van der Waals surface area contributed by atoms with Crippen molar-refractivity contribution in [2.24, 2.45) is 0 Å². The van der Waals surface area contributed by atoms with Crippen LogP contribution in [0.3, 0.4) is 0 Å². The Morgan fingerprint density at radius 1 is 1.04 bits per heavy atom. The second-order valence-electron chi connectivity index (χ2n) is 5.28. The molecule has 2 aromatic rings. The molecule has 2 rings (SSSR count). The minimum absolute atomic E-state index is 0.0530. The van der Waals surface area contributed by atoms with Crippen molar-refractivity contribution in [2.45, 2.75) is 20.1 Å². The van der Waals surface area contributed by atoms with Gasteiger partial charge in [-0.1, -0.05) is 36.4 Å². The zero-order valence-electron chi connectivity index (χ0n) is 13.5. The highest BCUT2D eigenvalue weighted by atomic mass is 16.3. The average Bonchev–Trinajstić information content (AvgIpc) is 2.59.